The van der Waals surface area contributed by atoms with Gasteiger partial charge < -0.3 is 20.3 Å². The molecule has 1 aromatic rings. The third-order valence-corrected chi connectivity index (χ3v) is 6.27. The third-order valence-electron chi connectivity index (χ3n) is 6.27. The number of carbonyl (C=O) groups excluding carboxylic acids is 2. The summed E-state index contributed by atoms with van der Waals surface area (Å²) >= 11 is 0. The molecule has 2 saturated heterocycles. The molecule has 0 unspecified atom stereocenters. The number of hydrogen-bond acceptors (Lipinski definition) is 5. The zero-order valence-corrected chi connectivity index (χ0v) is 19.8. The zero-order valence-electron chi connectivity index (χ0n) is 19.8. The number of likely N-dealkylation sites (tertiary alicyclic amines) is 1. The van der Waals surface area contributed by atoms with Gasteiger partial charge in [-0.1, -0.05) is 0 Å². The van der Waals surface area contributed by atoms with Gasteiger partial charge >= 0.3 is 0 Å². The standard InChI is InChI=1S/C25H40N4O3/c1-20(2)32-18-6-13-26-25(31)21-11-16-28(17-12-21)19-24(30)27-22-7-9-23(10-8-22)29-14-4-3-5-15-29/h7-10,20-21H,3-6,11-19H2,1-2H3,(H,26,31)(H,27,30). The van der Waals surface area contributed by atoms with Gasteiger partial charge in [0.15, 0.2) is 0 Å². The van der Waals surface area contributed by atoms with Crippen molar-refractivity contribution in [3.05, 3.63) is 24.3 Å². The SMILES string of the molecule is CC(C)OCCCNC(=O)C1CCN(CC(=O)Nc2ccc(N3CCCCC3)cc2)CC1. The van der Waals surface area contributed by atoms with Gasteiger partial charge in [0.1, 0.15) is 0 Å². The van der Waals surface area contributed by atoms with Crippen LogP contribution in [-0.2, 0) is 14.3 Å². The Balaban J connectivity index is 1.32. The molecule has 7 heteroatoms. The number of carbonyl (C=O) groups is 2. The second-order valence-electron chi connectivity index (χ2n) is 9.26. The molecule has 2 aliphatic rings. The Kier molecular flexibility index (Phi) is 9.81. The smallest absolute Gasteiger partial charge is 0.238 e. The van der Waals surface area contributed by atoms with Crippen LogP contribution < -0.4 is 15.5 Å². The Morgan fingerprint density at radius 2 is 1.72 bits per heavy atom. The summed E-state index contributed by atoms with van der Waals surface area (Å²) in [5, 5.41) is 6.03. The lowest BCUT2D eigenvalue weighted by Gasteiger charge is -2.30. The van der Waals surface area contributed by atoms with Gasteiger partial charge in [0, 0.05) is 43.5 Å². The fourth-order valence-electron chi connectivity index (χ4n) is 4.41. The Hall–Kier alpha value is -2.12. The van der Waals surface area contributed by atoms with Crippen molar-refractivity contribution in [1.82, 2.24) is 10.2 Å². The predicted molar refractivity (Wildman–Crippen MR) is 129 cm³/mol. The van der Waals surface area contributed by atoms with E-state index < -0.39 is 0 Å². The second kappa shape index (κ2) is 12.8. The van der Waals surface area contributed by atoms with Crippen LogP contribution in [0, 0.1) is 5.92 Å². The number of hydrogen-bond donors (Lipinski definition) is 2. The maximum atomic E-state index is 12.5. The molecule has 2 N–H and O–H groups in total. The summed E-state index contributed by atoms with van der Waals surface area (Å²) in [7, 11) is 0. The number of rotatable bonds is 10. The highest BCUT2D eigenvalue weighted by molar-refractivity contribution is 5.92. The molecule has 178 valence electrons. The molecule has 2 amide bonds. The van der Waals surface area contributed by atoms with Crippen molar-refractivity contribution in [2.75, 3.05) is 56.1 Å². The number of piperidine rings is 2. The van der Waals surface area contributed by atoms with Gasteiger partial charge in [-0.25, -0.2) is 0 Å². The summed E-state index contributed by atoms with van der Waals surface area (Å²) in [6, 6.07) is 8.18. The summed E-state index contributed by atoms with van der Waals surface area (Å²) in [6.07, 6.45) is 6.49. The molecule has 0 bridgehead atoms. The molecule has 7 nitrogen and oxygen atoms in total. The summed E-state index contributed by atoms with van der Waals surface area (Å²) < 4.78 is 5.50. The van der Waals surface area contributed by atoms with E-state index in [2.05, 4.69) is 32.6 Å². The first-order valence-electron chi connectivity index (χ1n) is 12.3. The number of benzene rings is 1. The van der Waals surface area contributed by atoms with Gasteiger partial charge in [0.05, 0.1) is 12.6 Å². The summed E-state index contributed by atoms with van der Waals surface area (Å²) in [5.74, 6) is 0.180. The van der Waals surface area contributed by atoms with Crippen LogP contribution in [-0.4, -0.2) is 68.7 Å². The quantitative estimate of drug-likeness (QED) is 0.542. The van der Waals surface area contributed by atoms with Crippen molar-refractivity contribution in [2.24, 2.45) is 5.92 Å². The highest BCUT2D eigenvalue weighted by Crippen LogP contribution is 2.22. The predicted octanol–water partition coefficient (Wildman–Crippen LogP) is 3.26. The monoisotopic (exact) mass is 444 g/mol. The summed E-state index contributed by atoms with van der Waals surface area (Å²) in [6.45, 7) is 9.51. The lowest BCUT2D eigenvalue weighted by molar-refractivity contribution is -0.126. The average molecular weight is 445 g/mol. The molecule has 2 fully saturated rings. The van der Waals surface area contributed by atoms with Crippen LogP contribution in [0.4, 0.5) is 11.4 Å². The number of anilines is 2. The van der Waals surface area contributed by atoms with Crippen LogP contribution in [0.1, 0.15) is 52.4 Å². The van der Waals surface area contributed by atoms with Crippen molar-refractivity contribution < 1.29 is 14.3 Å². The van der Waals surface area contributed by atoms with Gasteiger partial charge in [0.25, 0.3) is 0 Å². The molecular formula is C25H40N4O3. The van der Waals surface area contributed by atoms with Gasteiger partial charge in [-0.3, -0.25) is 14.5 Å². The van der Waals surface area contributed by atoms with Crippen molar-refractivity contribution in [1.29, 1.82) is 0 Å². The summed E-state index contributed by atoms with van der Waals surface area (Å²) in [4.78, 5) is 29.4. The Labute approximate surface area is 192 Å². The minimum atomic E-state index is 0.00350. The van der Waals surface area contributed by atoms with Crippen molar-refractivity contribution in [3.63, 3.8) is 0 Å². The van der Waals surface area contributed by atoms with Gasteiger partial charge in [-0.2, -0.15) is 0 Å². The van der Waals surface area contributed by atoms with E-state index in [1.165, 1.54) is 24.9 Å². The molecule has 0 saturated carbocycles. The molecule has 0 radical (unpaired) electrons. The molecular weight excluding hydrogens is 404 g/mol. The lowest BCUT2D eigenvalue weighted by atomic mass is 9.96. The zero-order chi connectivity index (χ0) is 22.8. The van der Waals surface area contributed by atoms with Crippen LogP contribution >= 0.6 is 0 Å². The van der Waals surface area contributed by atoms with Crippen LogP contribution in [0.3, 0.4) is 0 Å². The maximum Gasteiger partial charge on any atom is 0.238 e. The number of nitrogens with zero attached hydrogens (tertiary/aromatic N) is 2. The van der Waals surface area contributed by atoms with E-state index >= 15 is 0 Å². The fourth-order valence-corrected chi connectivity index (χ4v) is 4.41. The third kappa shape index (κ3) is 8.10. The summed E-state index contributed by atoms with van der Waals surface area (Å²) in [5.41, 5.74) is 2.07. The first kappa shape index (κ1) is 24.5. The van der Waals surface area contributed by atoms with E-state index in [0.717, 1.165) is 51.1 Å². The van der Waals surface area contributed by atoms with Crippen LogP contribution in [0.25, 0.3) is 0 Å². The van der Waals surface area contributed by atoms with Gasteiger partial charge in [0.2, 0.25) is 11.8 Å². The second-order valence-corrected chi connectivity index (χ2v) is 9.26. The van der Waals surface area contributed by atoms with E-state index in [0.29, 0.717) is 19.7 Å². The molecule has 3 rings (SSSR count). The Morgan fingerprint density at radius 3 is 2.38 bits per heavy atom. The van der Waals surface area contributed by atoms with E-state index in [9.17, 15) is 9.59 Å². The molecule has 32 heavy (non-hydrogen) atoms. The molecule has 0 aromatic heterocycles. The van der Waals surface area contributed by atoms with E-state index in [1.807, 2.05) is 26.0 Å². The number of nitrogens with one attached hydrogen (secondary N) is 2. The van der Waals surface area contributed by atoms with Gasteiger partial charge in [-0.05, 0) is 89.7 Å². The molecule has 2 aliphatic heterocycles. The average Bonchev–Trinajstić information content (AvgIpc) is 2.80. The molecule has 2 heterocycles. The van der Waals surface area contributed by atoms with Crippen molar-refractivity contribution >= 4 is 23.2 Å². The first-order valence-corrected chi connectivity index (χ1v) is 12.3. The highest BCUT2D eigenvalue weighted by atomic mass is 16.5. The maximum absolute atomic E-state index is 12.5. The molecule has 1 aromatic carbocycles. The Bertz CT molecular complexity index is 708. The van der Waals surface area contributed by atoms with E-state index in [-0.39, 0.29) is 23.8 Å². The van der Waals surface area contributed by atoms with Crippen molar-refractivity contribution in [3.8, 4) is 0 Å². The number of ether oxygens (including phenoxy) is 1. The minimum Gasteiger partial charge on any atom is -0.379 e. The van der Waals surface area contributed by atoms with E-state index in [1.54, 1.807) is 0 Å². The highest BCUT2D eigenvalue weighted by Gasteiger charge is 2.25. The first-order chi connectivity index (χ1) is 15.5. The molecule has 0 atom stereocenters. The minimum absolute atomic E-state index is 0.00350. The number of amides is 2. The van der Waals surface area contributed by atoms with Crippen LogP contribution in [0.15, 0.2) is 24.3 Å². The lowest BCUT2D eigenvalue weighted by Crippen LogP contribution is -2.43. The molecule has 0 spiro atoms. The van der Waals surface area contributed by atoms with Crippen LogP contribution in [0.2, 0.25) is 0 Å². The van der Waals surface area contributed by atoms with Crippen molar-refractivity contribution in [2.45, 2.75) is 58.5 Å². The normalized spacial score (nSPS) is 18.0. The topological polar surface area (TPSA) is 73.9 Å². The Morgan fingerprint density at radius 1 is 1.03 bits per heavy atom. The van der Waals surface area contributed by atoms with Gasteiger partial charge in [-0.15, -0.1) is 0 Å². The van der Waals surface area contributed by atoms with Crippen LogP contribution in [0.5, 0.6) is 0 Å². The fraction of sp³-hybridized carbons (Fsp3) is 0.680. The largest absolute Gasteiger partial charge is 0.379 e. The van der Waals surface area contributed by atoms with E-state index in [4.69, 9.17) is 4.74 Å². The molecule has 0 aliphatic carbocycles.